The third-order valence-electron chi connectivity index (χ3n) is 3.09. The first-order valence-electron chi connectivity index (χ1n) is 5.95. The minimum atomic E-state index is -3.65. The average Bonchev–Trinajstić information content (AvgIpc) is 2.26. The smallest absolute Gasteiger partial charge is 0.243 e. The SMILES string of the molecule is COCC(C)N(C)S(=O)(=O)c1c(C)cc(F)cc1C. The van der Waals surface area contributed by atoms with E-state index in [2.05, 4.69) is 0 Å². The van der Waals surface area contributed by atoms with Crippen molar-refractivity contribution in [3.05, 3.63) is 29.1 Å². The molecule has 0 bridgehead atoms. The van der Waals surface area contributed by atoms with Gasteiger partial charge in [0.05, 0.1) is 11.5 Å². The second-order valence-electron chi connectivity index (χ2n) is 4.69. The molecule has 1 atom stereocenters. The molecule has 19 heavy (non-hydrogen) atoms. The molecule has 0 aliphatic rings. The second kappa shape index (κ2) is 5.98. The van der Waals surface area contributed by atoms with Crippen LogP contribution in [0.25, 0.3) is 0 Å². The Kier molecular flexibility index (Phi) is 5.06. The lowest BCUT2D eigenvalue weighted by atomic mass is 10.1. The minimum absolute atomic E-state index is 0.166. The molecule has 1 aromatic rings. The van der Waals surface area contributed by atoms with Crippen molar-refractivity contribution >= 4 is 10.0 Å². The Morgan fingerprint density at radius 1 is 1.32 bits per heavy atom. The highest BCUT2D eigenvalue weighted by Gasteiger charge is 2.28. The van der Waals surface area contributed by atoms with Crippen LogP contribution in [0.1, 0.15) is 18.1 Å². The second-order valence-corrected chi connectivity index (χ2v) is 6.63. The summed E-state index contributed by atoms with van der Waals surface area (Å²) in [5, 5.41) is 0. The Hall–Kier alpha value is -0.980. The van der Waals surface area contributed by atoms with E-state index in [1.165, 1.54) is 30.6 Å². The predicted octanol–water partition coefficient (Wildman–Crippen LogP) is 2.10. The monoisotopic (exact) mass is 289 g/mol. The van der Waals surface area contributed by atoms with Gasteiger partial charge in [0.15, 0.2) is 0 Å². The number of aryl methyl sites for hydroxylation is 2. The molecule has 0 radical (unpaired) electrons. The van der Waals surface area contributed by atoms with Gasteiger partial charge in [-0.1, -0.05) is 0 Å². The van der Waals surface area contributed by atoms with Crippen molar-refractivity contribution in [2.45, 2.75) is 31.7 Å². The summed E-state index contributed by atoms with van der Waals surface area (Å²) in [5.74, 6) is -0.429. The van der Waals surface area contributed by atoms with Crippen molar-refractivity contribution in [1.29, 1.82) is 0 Å². The van der Waals surface area contributed by atoms with Crippen molar-refractivity contribution in [3.63, 3.8) is 0 Å². The van der Waals surface area contributed by atoms with E-state index in [9.17, 15) is 12.8 Å². The third-order valence-corrected chi connectivity index (χ3v) is 5.37. The van der Waals surface area contributed by atoms with Crippen LogP contribution >= 0.6 is 0 Å². The van der Waals surface area contributed by atoms with Gasteiger partial charge in [-0.2, -0.15) is 4.31 Å². The first-order valence-corrected chi connectivity index (χ1v) is 7.39. The van der Waals surface area contributed by atoms with E-state index < -0.39 is 15.8 Å². The molecule has 0 aliphatic heterocycles. The Balaban J connectivity index is 3.28. The fourth-order valence-corrected chi connectivity index (χ4v) is 3.79. The summed E-state index contributed by atoms with van der Waals surface area (Å²) in [6, 6.07) is 2.17. The van der Waals surface area contributed by atoms with E-state index in [0.29, 0.717) is 17.7 Å². The van der Waals surface area contributed by atoms with E-state index in [-0.39, 0.29) is 10.9 Å². The van der Waals surface area contributed by atoms with Crippen molar-refractivity contribution in [3.8, 4) is 0 Å². The van der Waals surface area contributed by atoms with Crippen LogP contribution in [-0.2, 0) is 14.8 Å². The fourth-order valence-electron chi connectivity index (χ4n) is 2.03. The number of rotatable bonds is 5. The van der Waals surface area contributed by atoms with Gasteiger partial charge in [-0.15, -0.1) is 0 Å². The Morgan fingerprint density at radius 2 is 1.79 bits per heavy atom. The summed E-state index contributed by atoms with van der Waals surface area (Å²) in [6.07, 6.45) is 0. The summed E-state index contributed by atoms with van der Waals surface area (Å²) >= 11 is 0. The Morgan fingerprint density at radius 3 is 2.21 bits per heavy atom. The van der Waals surface area contributed by atoms with Gasteiger partial charge < -0.3 is 4.74 Å². The normalized spacial score (nSPS) is 13.8. The molecule has 0 heterocycles. The number of nitrogens with zero attached hydrogens (tertiary/aromatic N) is 1. The Bertz CT molecular complexity index is 534. The summed E-state index contributed by atoms with van der Waals surface area (Å²) in [4.78, 5) is 0.166. The van der Waals surface area contributed by atoms with E-state index in [1.807, 2.05) is 0 Å². The highest BCUT2D eigenvalue weighted by atomic mass is 32.2. The van der Waals surface area contributed by atoms with E-state index in [0.717, 1.165) is 0 Å². The zero-order valence-electron chi connectivity index (χ0n) is 11.9. The molecule has 1 rings (SSSR count). The largest absolute Gasteiger partial charge is 0.383 e. The number of methoxy groups -OCH3 is 1. The molecule has 108 valence electrons. The number of sulfonamides is 1. The predicted molar refractivity (Wildman–Crippen MR) is 72.2 cm³/mol. The van der Waals surface area contributed by atoms with Crippen molar-refractivity contribution in [1.82, 2.24) is 4.31 Å². The number of benzene rings is 1. The summed E-state index contributed by atoms with van der Waals surface area (Å²) < 4.78 is 44.6. The zero-order chi connectivity index (χ0) is 14.8. The van der Waals surface area contributed by atoms with Gasteiger partial charge in [0.2, 0.25) is 10.0 Å². The van der Waals surface area contributed by atoms with Gasteiger partial charge in [0.1, 0.15) is 5.82 Å². The number of hydrogen-bond acceptors (Lipinski definition) is 3. The molecule has 6 heteroatoms. The van der Waals surface area contributed by atoms with Crippen molar-refractivity contribution in [2.75, 3.05) is 20.8 Å². The van der Waals surface area contributed by atoms with Crippen LogP contribution in [0.5, 0.6) is 0 Å². The molecule has 1 unspecified atom stereocenters. The van der Waals surface area contributed by atoms with Crippen LogP contribution in [0.4, 0.5) is 4.39 Å². The van der Waals surface area contributed by atoms with Gasteiger partial charge in [0, 0.05) is 20.2 Å². The number of ether oxygens (including phenoxy) is 1. The quantitative estimate of drug-likeness (QED) is 0.834. The number of halogens is 1. The molecule has 0 amide bonds. The molecule has 4 nitrogen and oxygen atoms in total. The molecule has 1 aromatic carbocycles. The lowest BCUT2D eigenvalue weighted by molar-refractivity contribution is 0.149. The molecule has 0 saturated carbocycles. The summed E-state index contributed by atoms with van der Waals surface area (Å²) in [5.41, 5.74) is 0.822. The van der Waals surface area contributed by atoms with Crippen LogP contribution in [0.2, 0.25) is 0 Å². The molecular weight excluding hydrogens is 269 g/mol. The van der Waals surface area contributed by atoms with E-state index >= 15 is 0 Å². The lowest BCUT2D eigenvalue weighted by Gasteiger charge is -2.25. The average molecular weight is 289 g/mol. The number of likely N-dealkylation sites (N-methyl/N-ethyl adjacent to an activating group) is 1. The van der Waals surface area contributed by atoms with E-state index in [1.54, 1.807) is 20.8 Å². The van der Waals surface area contributed by atoms with E-state index in [4.69, 9.17) is 4.74 Å². The molecular formula is C13H20FNO3S. The van der Waals surface area contributed by atoms with Gasteiger partial charge in [-0.05, 0) is 44.0 Å². The van der Waals surface area contributed by atoms with Crippen LogP contribution in [-0.4, -0.2) is 39.5 Å². The highest BCUT2D eigenvalue weighted by molar-refractivity contribution is 7.89. The molecule has 0 fully saturated rings. The molecule has 0 aliphatic carbocycles. The van der Waals surface area contributed by atoms with Gasteiger partial charge in [0.25, 0.3) is 0 Å². The lowest BCUT2D eigenvalue weighted by Crippen LogP contribution is -2.38. The molecule has 0 aromatic heterocycles. The van der Waals surface area contributed by atoms with Crippen LogP contribution in [0.3, 0.4) is 0 Å². The fraction of sp³-hybridized carbons (Fsp3) is 0.538. The van der Waals surface area contributed by atoms with Crippen LogP contribution in [0, 0.1) is 19.7 Å². The minimum Gasteiger partial charge on any atom is -0.383 e. The Labute approximate surface area is 114 Å². The first-order chi connectivity index (χ1) is 8.71. The van der Waals surface area contributed by atoms with Crippen molar-refractivity contribution in [2.24, 2.45) is 0 Å². The summed E-state index contributed by atoms with van der Waals surface area (Å²) in [7, 11) is -0.631. The number of hydrogen-bond donors (Lipinski definition) is 0. The standard InChI is InChI=1S/C13H20FNO3S/c1-9-6-12(14)7-10(2)13(9)19(16,17)15(4)11(3)8-18-5/h6-7,11H,8H2,1-5H3. The maximum atomic E-state index is 13.2. The summed E-state index contributed by atoms with van der Waals surface area (Å²) in [6.45, 7) is 5.25. The van der Waals surface area contributed by atoms with Gasteiger partial charge in [-0.25, -0.2) is 12.8 Å². The van der Waals surface area contributed by atoms with Crippen LogP contribution in [0.15, 0.2) is 17.0 Å². The molecule has 0 N–H and O–H groups in total. The topological polar surface area (TPSA) is 46.6 Å². The molecule has 0 saturated heterocycles. The van der Waals surface area contributed by atoms with Gasteiger partial charge in [-0.3, -0.25) is 0 Å². The first kappa shape index (κ1) is 16.1. The zero-order valence-corrected chi connectivity index (χ0v) is 12.7. The highest BCUT2D eigenvalue weighted by Crippen LogP contribution is 2.25. The third kappa shape index (κ3) is 3.32. The maximum absolute atomic E-state index is 13.2. The molecule has 0 spiro atoms. The van der Waals surface area contributed by atoms with Gasteiger partial charge >= 0.3 is 0 Å². The maximum Gasteiger partial charge on any atom is 0.243 e. The van der Waals surface area contributed by atoms with Crippen LogP contribution < -0.4 is 0 Å². The van der Waals surface area contributed by atoms with Crippen molar-refractivity contribution < 1.29 is 17.5 Å².